The number of ether oxygens (including phenoxy) is 1. The number of esters is 1. The van der Waals surface area contributed by atoms with Crippen LogP contribution >= 0.6 is 0 Å². The molecule has 1 aliphatic rings. The minimum atomic E-state index is -3.14. The predicted octanol–water partition coefficient (Wildman–Crippen LogP) is 1.67. The Kier molecular flexibility index (Phi) is 6.28. The average Bonchev–Trinajstić information content (AvgIpc) is 2.94. The molecule has 8 heteroatoms. The average molecular weight is 383 g/mol. The van der Waals surface area contributed by atoms with Gasteiger partial charge in [-0.1, -0.05) is 18.6 Å². The van der Waals surface area contributed by atoms with Crippen LogP contribution in [0.5, 0.6) is 5.75 Å². The molecule has 1 heterocycles. The second-order valence-corrected chi connectivity index (χ2v) is 8.94. The Bertz CT molecular complexity index is 789. The van der Waals surface area contributed by atoms with Crippen LogP contribution in [0.4, 0.5) is 0 Å². The van der Waals surface area contributed by atoms with E-state index in [1.54, 1.807) is 13.0 Å². The lowest BCUT2D eigenvalue weighted by molar-refractivity contribution is -0.138. The summed E-state index contributed by atoms with van der Waals surface area (Å²) in [7, 11) is -3.14. The molecule has 1 aromatic rings. The molecule has 0 unspecified atom stereocenters. The SMILES string of the molecule is CC[C@H](C)N(C(=O)COC(=O)c1cc(C)ccc1O)[C@H]1CCS(=O)(=O)C1. The van der Waals surface area contributed by atoms with Gasteiger partial charge in [0.2, 0.25) is 0 Å². The normalized spacial score (nSPS) is 19.7. The summed E-state index contributed by atoms with van der Waals surface area (Å²) in [6, 6.07) is 3.98. The van der Waals surface area contributed by atoms with Gasteiger partial charge in [0.15, 0.2) is 16.4 Å². The predicted molar refractivity (Wildman–Crippen MR) is 96.8 cm³/mol. The minimum Gasteiger partial charge on any atom is -0.507 e. The second kappa shape index (κ2) is 8.07. The molecule has 0 bridgehead atoms. The van der Waals surface area contributed by atoms with Gasteiger partial charge in [-0.2, -0.15) is 0 Å². The number of amides is 1. The molecule has 2 atom stereocenters. The number of aryl methyl sites for hydroxylation is 1. The molecule has 0 saturated carbocycles. The maximum absolute atomic E-state index is 12.6. The Labute approximate surface area is 153 Å². The highest BCUT2D eigenvalue weighted by Crippen LogP contribution is 2.22. The van der Waals surface area contributed by atoms with Crippen LogP contribution in [0.1, 0.15) is 42.6 Å². The van der Waals surface area contributed by atoms with Crippen molar-refractivity contribution in [2.45, 2.75) is 45.7 Å². The fraction of sp³-hybridized carbons (Fsp3) is 0.556. The molecule has 26 heavy (non-hydrogen) atoms. The fourth-order valence-corrected chi connectivity index (χ4v) is 4.81. The van der Waals surface area contributed by atoms with Crippen molar-refractivity contribution in [1.29, 1.82) is 0 Å². The van der Waals surface area contributed by atoms with E-state index in [4.69, 9.17) is 4.74 Å². The molecule has 0 spiro atoms. The maximum Gasteiger partial charge on any atom is 0.342 e. The van der Waals surface area contributed by atoms with E-state index >= 15 is 0 Å². The zero-order chi connectivity index (χ0) is 19.5. The third-order valence-electron chi connectivity index (χ3n) is 4.65. The van der Waals surface area contributed by atoms with Gasteiger partial charge in [-0.3, -0.25) is 4.79 Å². The summed E-state index contributed by atoms with van der Waals surface area (Å²) in [6.45, 7) is 5.03. The molecular formula is C18H25NO6S. The van der Waals surface area contributed by atoms with Crippen LogP contribution in [0.3, 0.4) is 0 Å². The Morgan fingerprint density at radius 1 is 1.38 bits per heavy atom. The summed E-state index contributed by atoms with van der Waals surface area (Å²) in [4.78, 5) is 26.3. The van der Waals surface area contributed by atoms with E-state index in [9.17, 15) is 23.1 Å². The van der Waals surface area contributed by atoms with Crippen molar-refractivity contribution < 1.29 is 27.9 Å². The molecule has 0 aromatic heterocycles. The Morgan fingerprint density at radius 3 is 2.65 bits per heavy atom. The molecule has 144 valence electrons. The maximum atomic E-state index is 12.6. The van der Waals surface area contributed by atoms with E-state index in [0.29, 0.717) is 12.8 Å². The van der Waals surface area contributed by atoms with Crippen LogP contribution in [-0.4, -0.2) is 60.5 Å². The lowest BCUT2D eigenvalue weighted by atomic mass is 10.1. The summed E-state index contributed by atoms with van der Waals surface area (Å²) in [6.07, 6.45) is 1.06. The number of phenolic OH excluding ortho intramolecular Hbond substituents is 1. The van der Waals surface area contributed by atoms with Crippen LogP contribution in [-0.2, 0) is 19.4 Å². The van der Waals surface area contributed by atoms with Crippen LogP contribution < -0.4 is 0 Å². The van der Waals surface area contributed by atoms with Gasteiger partial charge in [0.05, 0.1) is 11.5 Å². The zero-order valence-corrected chi connectivity index (χ0v) is 16.1. The Morgan fingerprint density at radius 2 is 2.08 bits per heavy atom. The quantitative estimate of drug-likeness (QED) is 0.750. The summed E-state index contributed by atoms with van der Waals surface area (Å²) in [5.74, 6) is -1.43. The van der Waals surface area contributed by atoms with Gasteiger partial charge in [0.25, 0.3) is 5.91 Å². The number of phenols is 1. The number of aromatic hydroxyl groups is 1. The van der Waals surface area contributed by atoms with Crippen molar-refractivity contribution in [2.24, 2.45) is 0 Å². The number of carbonyl (C=O) groups excluding carboxylic acids is 2. The third-order valence-corrected chi connectivity index (χ3v) is 6.40. The molecule has 1 aromatic carbocycles. The van der Waals surface area contributed by atoms with E-state index < -0.39 is 34.4 Å². The molecule has 0 radical (unpaired) electrons. The first-order valence-electron chi connectivity index (χ1n) is 8.63. The number of carbonyl (C=O) groups is 2. The summed E-state index contributed by atoms with van der Waals surface area (Å²) in [5.41, 5.74) is 0.773. The first-order chi connectivity index (χ1) is 12.1. The molecule has 2 rings (SSSR count). The monoisotopic (exact) mass is 383 g/mol. The summed E-state index contributed by atoms with van der Waals surface area (Å²) in [5, 5.41) is 9.77. The number of hydrogen-bond acceptors (Lipinski definition) is 6. The van der Waals surface area contributed by atoms with Gasteiger partial charge in [-0.05, 0) is 38.8 Å². The molecule has 7 nitrogen and oxygen atoms in total. The zero-order valence-electron chi connectivity index (χ0n) is 15.3. The number of hydrogen-bond donors (Lipinski definition) is 1. The molecule has 1 aliphatic heterocycles. The lowest BCUT2D eigenvalue weighted by Crippen LogP contribution is -2.48. The van der Waals surface area contributed by atoms with Gasteiger partial charge in [-0.25, -0.2) is 13.2 Å². The van der Waals surface area contributed by atoms with Gasteiger partial charge in [0.1, 0.15) is 11.3 Å². The van der Waals surface area contributed by atoms with Crippen LogP contribution in [0, 0.1) is 6.92 Å². The number of sulfone groups is 1. The van der Waals surface area contributed by atoms with Crippen molar-refractivity contribution in [1.82, 2.24) is 4.90 Å². The third kappa shape index (κ3) is 4.75. The first kappa shape index (κ1) is 20.2. The summed E-state index contributed by atoms with van der Waals surface area (Å²) < 4.78 is 28.6. The van der Waals surface area contributed by atoms with Crippen LogP contribution in [0.25, 0.3) is 0 Å². The van der Waals surface area contributed by atoms with E-state index in [2.05, 4.69) is 0 Å². The standard InChI is InChI=1S/C18H25NO6S/c1-4-13(3)19(14-7-8-26(23,24)11-14)17(21)10-25-18(22)15-9-12(2)5-6-16(15)20/h5-6,9,13-14,20H,4,7-8,10-11H2,1-3H3/t13-,14-/m0/s1. The molecular weight excluding hydrogens is 358 g/mol. The van der Waals surface area contributed by atoms with E-state index in [1.807, 2.05) is 13.8 Å². The number of benzene rings is 1. The lowest BCUT2D eigenvalue weighted by Gasteiger charge is -2.33. The largest absolute Gasteiger partial charge is 0.507 e. The molecule has 1 amide bonds. The first-order valence-corrected chi connectivity index (χ1v) is 10.4. The van der Waals surface area contributed by atoms with Crippen molar-refractivity contribution in [3.8, 4) is 5.75 Å². The molecule has 1 saturated heterocycles. The summed E-state index contributed by atoms with van der Waals surface area (Å²) >= 11 is 0. The highest BCUT2D eigenvalue weighted by Gasteiger charge is 2.36. The van der Waals surface area contributed by atoms with Crippen molar-refractivity contribution in [2.75, 3.05) is 18.1 Å². The van der Waals surface area contributed by atoms with Gasteiger partial charge >= 0.3 is 5.97 Å². The van der Waals surface area contributed by atoms with Crippen LogP contribution in [0.2, 0.25) is 0 Å². The van der Waals surface area contributed by atoms with E-state index in [-0.39, 0.29) is 28.9 Å². The molecule has 0 aliphatic carbocycles. The van der Waals surface area contributed by atoms with Gasteiger partial charge in [-0.15, -0.1) is 0 Å². The smallest absolute Gasteiger partial charge is 0.342 e. The molecule has 1 fully saturated rings. The number of rotatable bonds is 6. The van der Waals surface area contributed by atoms with Crippen LogP contribution in [0.15, 0.2) is 18.2 Å². The van der Waals surface area contributed by atoms with Gasteiger partial charge < -0.3 is 14.7 Å². The fourth-order valence-electron chi connectivity index (χ4n) is 3.09. The van der Waals surface area contributed by atoms with Crippen molar-refractivity contribution in [3.63, 3.8) is 0 Å². The van der Waals surface area contributed by atoms with E-state index in [0.717, 1.165) is 5.56 Å². The minimum absolute atomic E-state index is 0.00339. The van der Waals surface area contributed by atoms with Gasteiger partial charge in [0, 0.05) is 12.1 Å². The highest BCUT2D eigenvalue weighted by atomic mass is 32.2. The molecule has 1 N–H and O–H groups in total. The number of nitrogens with zero attached hydrogens (tertiary/aromatic N) is 1. The van der Waals surface area contributed by atoms with Crippen molar-refractivity contribution in [3.05, 3.63) is 29.3 Å². The van der Waals surface area contributed by atoms with E-state index in [1.165, 1.54) is 17.0 Å². The van der Waals surface area contributed by atoms with Crippen molar-refractivity contribution >= 4 is 21.7 Å². The topological polar surface area (TPSA) is 101 Å². The Hall–Kier alpha value is -2.09. The Balaban J connectivity index is 2.07. The highest BCUT2D eigenvalue weighted by molar-refractivity contribution is 7.91. The second-order valence-electron chi connectivity index (χ2n) is 6.71.